The van der Waals surface area contributed by atoms with Gasteiger partial charge in [0.05, 0.1) is 12.0 Å². The van der Waals surface area contributed by atoms with Crippen molar-refractivity contribution >= 4 is 10.0 Å². The van der Waals surface area contributed by atoms with E-state index in [0.717, 1.165) is 13.1 Å². The predicted molar refractivity (Wildman–Crippen MR) is 87.8 cm³/mol. The minimum Gasteiger partial charge on any atom is -0.497 e. The fourth-order valence-electron chi connectivity index (χ4n) is 2.85. The topological polar surface area (TPSA) is 58.6 Å². The van der Waals surface area contributed by atoms with Gasteiger partial charge in [0.2, 0.25) is 10.0 Å². The highest BCUT2D eigenvalue weighted by Crippen LogP contribution is 2.21. The molecule has 0 bridgehead atoms. The molecule has 6 heteroatoms. The molecular weight excluding hydrogens is 300 g/mol. The monoisotopic (exact) mass is 326 g/mol. The maximum Gasteiger partial charge on any atom is 0.240 e. The number of benzene rings is 1. The number of nitrogens with zero attached hydrogens (tertiary/aromatic N) is 1. The van der Waals surface area contributed by atoms with E-state index in [1.807, 2.05) is 0 Å². The van der Waals surface area contributed by atoms with Gasteiger partial charge in [0, 0.05) is 12.6 Å². The number of hydrogen-bond acceptors (Lipinski definition) is 4. The Balaban J connectivity index is 2.01. The van der Waals surface area contributed by atoms with Crippen LogP contribution in [0.2, 0.25) is 0 Å². The van der Waals surface area contributed by atoms with Gasteiger partial charge in [-0.1, -0.05) is 6.42 Å². The van der Waals surface area contributed by atoms with Gasteiger partial charge in [-0.25, -0.2) is 13.1 Å². The molecule has 1 aromatic carbocycles. The number of methoxy groups -OCH3 is 1. The van der Waals surface area contributed by atoms with Crippen LogP contribution >= 0.6 is 0 Å². The van der Waals surface area contributed by atoms with Crippen molar-refractivity contribution in [2.45, 2.75) is 44.0 Å². The Morgan fingerprint density at radius 2 is 1.95 bits per heavy atom. The molecule has 22 heavy (non-hydrogen) atoms. The molecule has 0 amide bonds. The normalized spacial score (nSPS) is 18.1. The molecule has 5 nitrogen and oxygen atoms in total. The summed E-state index contributed by atoms with van der Waals surface area (Å²) in [5.41, 5.74) is 0.692. The van der Waals surface area contributed by atoms with Gasteiger partial charge in [0.15, 0.2) is 0 Å². The minimum atomic E-state index is -3.48. The van der Waals surface area contributed by atoms with Crippen LogP contribution in [0.15, 0.2) is 23.1 Å². The van der Waals surface area contributed by atoms with Crippen LogP contribution in [0.25, 0.3) is 0 Å². The lowest BCUT2D eigenvalue weighted by Gasteiger charge is -2.32. The third-order valence-corrected chi connectivity index (χ3v) is 5.84. The minimum absolute atomic E-state index is 0.216. The number of piperidine rings is 1. The van der Waals surface area contributed by atoms with Gasteiger partial charge in [-0.2, -0.15) is 0 Å². The van der Waals surface area contributed by atoms with Crippen LogP contribution in [-0.4, -0.2) is 46.1 Å². The van der Waals surface area contributed by atoms with Crippen LogP contribution in [-0.2, 0) is 10.0 Å². The van der Waals surface area contributed by atoms with Crippen molar-refractivity contribution in [3.05, 3.63) is 23.8 Å². The van der Waals surface area contributed by atoms with Crippen molar-refractivity contribution in [1.29, 1.82) is 0 Å². The average molecular weight is 326 g/mol. The number of hydrogen-bond donors (Lipinski definition) is 1. The van der Waals surface area contributed by atoms with Gasteiger partial charge >= 0.3 is 0 Å². The zero-order valence-electron chi connectivity index (χ0n) is 13.6. The van der Waals surface area contributed by atoms with Gasteiger partial charge in [-0.15, -0.1) is 0 Å². The van der Waals surface area contributed by atoms with Crippen molar-refractivity contribution < 1.29 is 13.2 Å². The first-order valence-corrected chi connectivity index (χ1v) is 9.30. The van der Waals surface area contributed by atoms with Gasteiger partial charge in [0.1, 0.15) is 5.75 Å². The number of sulfonamides is 1. The standard InChI is InChI=1S/C16H26N2O3S/c1-13-11-15(21-3)7-8-16(13)22(19,20)17-12-14(2)18-9-5-4-6-10-18/h7-8,11,14,17H,4-6,9-10,12H2,1-3H3. The van der Waals surface area contributed by atoms with E-state index in [4.69, 9.17) is 4.74 Å². The fraction of sp³-hybridized carbons (Fsp3) is 0.625. The third-order valence-electron chi connectivity index (χ3n) is 4.25. The summed E-state index contributed by atoms with van der Waals surface area (Å²) in [7, 11) is -1.91. The van der Waals surface area contributed by atoms with E-state index in [9.17, 15) is 8.42 Å². The molecule has 1 aromatic rings. The molecule has 124 valence electrons. The van der Waals surface area contributed by atoms with Crippen molar-refractivity contribution in [2.24, 2.45) is 0 Å². The van der Waals surface area contributed by atoms with Crippen molar-refractivity contribution in [3.8, 4) is 5.75 Å². The highest BCUT2D eigenvalue weighted by atomic mass is 32.2. The fourth-order valence-corrected chi connectivity index (χ4v) is 4.19. The maximum absolute atomic E-state index is 12.5. The second kappa shape index (κ2) is 7.44. The largest absolute Gasteiger partial charge is 0.497 e. The number of aryl methyl sites for hydroxylation is 1. The lowest BCUT2D eigenvalue weighted by Crippen LogP contribution is -2.44. The molecule has 1 saturated heterocycles. The third kappa shape index (κ3) is 4.21. The molecule has 1 heterocycles. The second-order valence-corrected chi connectivity index (χ2v) is 7.66. The summed E-state index contributed by atoms with van der Waals surface area (Å²) in [5, 5.41) is 0. The number of rotatable bonds is 6. The van der Waals surface area contributed by atoms with E-state index in [1.165, 1.54) is 19.3 Å². The highest BCUT2D eigenvalue weighted by Gasteiger charge is 2.21. The first-order chi connectivity index (χ1) is 10.4. The van der Waals surface area contributed by atoms with Gasteiger partial charge in [-0.05, 0) is 63.5 Å². The number of likely N-dealkylation sites (tertiary alicyclic amines) is 1. The van der Waals surface area contributed by atoms with Gasteiger partial charge in [-0.3, -0.25) is 4.90 Å². The van der Waals surface area contributed by atoms with Crippen LogP contribution in [0.4, 0.5) is 0 Å². The van der Waals surface area contributed by atoms with Crippen LogP contribution in [0, 0.1) is 6.92 Å². The van der Waals surface area contributed by atoms with Crippen molar-refractivity contribution in [3.63, 3.8) is 0 Å². The maximum atomic E-state index is 12.5. The molecule has 1 unspecified atom stereocenters. The van der Waals surface area contributed by atoms with E-state index in [2.05, 4.69) is 16.5 Å². The Morgan fingerprint density at radius 1 is 1.27 bits per heavy atom. The molecule has 0 aromatic heterocycles. The number of nitrogens with one attached hydrogen (secondary N) is 1. The quantitative estimate of drug-likeness (QED) is 0.870. The Bertz CT molecular complexity index is 595. The first kappa shape index (κ1) is 17.2. The molecule has 0 radical (unpaired) electrons. The van der Waals surface area contributed by atoms with Crippen LogP contribution in [0.5, 0.6) is 5.75 Å². The zero-order chi connectivity index (χ0) is 16.2. The molecule has 0 saturated carbocycles. The Labute approximate surface area is 133 Å². The van der Waals surface area contributed by atoms with E-state index in [0.29, 0.717) is 22.8 Å². The molecule has 1 N–H and O–H groups in total. The molecule has 0 spiro atoms. The van der Waals surface area contributed by atoms with Crippen LogP contribution in [0.1, 0.15) is 31.7 Å². The molecule has 1 atom stereocenters. The lowest BCUT2D eigenvalue weighted by molar-refractivity contribution is 0.175. The van der Waals surface area contributed by atoms with Gasteiger partial charge < -0.3 is 4.74 Å². The molecule has 2 rings (SSSR count). The number of ether oxygens (including phenoxy) is 1. The van der Waals surface area contributed by atoms with E-state index >= 15 is 0 Å². The molecule has 1 fully saturated rings. The summed E-state index contributed by atoms with van der Waals surface area (Å²) in [4.78, 5) is 2.67. The van der Waals surface area contributed by atoms with Crippen LogP contribution < -0.4 is 9.46 Å². The van der Waals surface area contributed by atoms with Crippen LogP contribution in [0.3, 0.4) is 0 Å². The van der Waals surface area contributed by atoms with Gasteiger partial charge in [0.25, 0.3) is 0 Å². The Morgan fingerprint density at radius 3 is 2.55 bits per heavy atom. The van der Waals surface area contributed by atoms with E-state index in [-0.39, 0.29) is 6.04 Å². The molecule has 1 aliphatic heterocycles. The first-order valence-electron chi connectivity index (χ1n) is 7.82. The highest BCUT2D eigenvalue weighted by molar-refractivity contribution is 7.89. The smallest absolute Gasteiger partial charge is 0.240 e. The molecule has 1 aliphatic rings. The summed E-state index contributed by atoms with van der Waals surface area (Å²) >= 11 is 0. The van der Waals surface area contributed by atoms with E-state index < -0.39 is 10.0 Å². The SMILES string of the molecule is COc1ccc(S(=O)(=O)NCC(C)N2CCCCC2)c(C)c1. The van der Waals surface area contributed by atoms with Crippen molar-refractivity contribution in [1.82, 2.24) is 9.62 Å². The lowest BCUT2D eigenvalue weighted by atomic mass is 10.1. The summed E-state index contributed by atoms with van der Waals surface area (Å²) in [6.07, 6.45) is 3.68. The zero-order valence-corrected chi connectivity index (χ0v) is 14.4. The Hall–Kier alpha value is -1.11. The second-order valence-electron chi connectivity index (χ2n) is 5.93. The molecule has 0 aliphatic carbocycles. The predicted octanol–water partition coefficient (Wildman–Crippen LogP) is 2.16. The van der Waals surface area contributed by atoms with Crippen molar-refractivity contribution in [2.75, 3.05) is 26.7 Å². The summed E-state index contributed by atoms with van der Waals surface area (Å²) in [6, 6.07) is 5.23. The van der Waals surface area contributed by atoms with E-state index in [1.54, 1.807) is 32.2 Å². The summed E-state index contributed by atoms with van der Waals surface area (Å²) in [6.45, 7) is 6.42. The average Bonchev–Trinajstić information content (AvgIpc) is 2.53. The summed E-state index contributed by atoms with van der Waals surface area (Å²) < 4.78 is 32.8. The molecular formula is C16H26N2O3S. The summed E-state index contributed by atoms with van der Waals surface area (Å²) in [5.74, 6) is 0.665. The Kier molecular flexibility index (Phi) is 5.83.